The van der Waals surface area contributed by atoms with E-state index in [-0.39, 0.29) is 24.2 Å². The maximum atomic E-state index is 12.5. The second-order valence-corrected chi connectivity index (χ2v) is 7.21. The van der Waals surface area contributed by atoms with Crippen molar-refractivity contribution in [2.45, 2.75) is 26.2 Å². The predicted octanol–water partition coefficient (Wildman–Crippen LogP) is 2.66. The van der Waals surface area contributed by atoms with Crippen LogP contribution in [-0.4, -0.2) is 35.7 Å². The summed E-state index contributed by atoms with van der Waals surface area (Å²) in [7, 11) is 1.58. The van der Waals surface area contributed by atoms with Gasteiger partial charge in [0.25, 0.3) is 0 Å². The largest absolute Gasteiger partial charge is 0.497 e. The van der Waals surface area contributed by atoms with Gasteiger partial charge in [0.2, 0.25) is 16.9 Å². The normalized spacial score (nSPS) is 17.2. The number of amides is 2. The van der Waals surface area contributed by atoms with Crippen molar-refractivity contribution in [1.82, 2.24) is 10.2 Å². The lowest BCUT2D eigenvalue weighted by atomic mass is 10.1. The Morgan fingerprint density at radius 2 is 2.20 bits per heavy atom. The first-order valence-electron chi connectivity index (χ1n) is 8.06. The number of aromatic nitrogens is 2. The standard InChI is InChI=1S/C17H20N4O3S/c1-10(2)16-19-20-17(25-16)18-15(23)11-7-14(22)21(9-11)12-5-4-6-13(8-12)24-3/h4-6,8,10-11H,7,9H2,1-3H3,(H,18,20,23)/t11-/m1/s1. The van der Waals surface area contributed by atoms with E-state index in [1.807, 2.05) is 32.0 Å². The first kappa shape index (κ1) is 17.3. The van der Waals surface area contributed by atoms with Gasteiger partial charge in [-0.05, 0) is 12.1 Å². The Morgan fingerprint density at radius 3 is 2.88 bits per heavy atom. The molecule has 7 nitrogen and oxygen atoms in total. The molecule has 8 heteroatoms. The molecule has 2 aromatic rings. The molecule has 1 N–H and O–H groups in total. The Morgan fingerprint density at radius 1 is 1.40 bits per heavy atom. The first-order chi connectivity index (χ1) is 12.0. The van der Waals surface area contributed by atoms with Gasteiger partial charge in [0.1, 0.15) is 10.8 Å². The van der Waals surface area contributed by atoms with Crippen LogP contribution in [-0.2, 0) is 9.59 Å². The molecular formula is C17H20N4O3S. The topological polar surface area (TPSA) is 84.4 Å². The van der Waals surface area contributed by atoms with E-state index in [0.29, 0.717) is 17.4 Å². The Hall–Kier alpha value is -2.48. The van der Waals surface area contributed by atoms with Crippen LogP contribution in [0, 0.1) is 5.92 Å². The molecule has 0 radical (unpaired) electrons. The quantitative estimate of drug-likeness (QED) is 0.886. The van der Waals surface area contributed by atoms with Crippen molar-refractivity contribution in [3.05, 3.63) is 29.3 Å². The van der Waals surface area contributed by atoms with E-state index in [2.05, 4.69) is 15.5 Å². The van der Waals surface area contributed by atoms with Crippen molar-refractivity contribution in [2.24, 2.45) is 5.92 Å². The Balaban J connectivity index is 1.67. The summed E-state index contributed by atoms with van der Waals surface area (Å²) in [6, 6.07) is 7.26. The van der Waals surface area contributed by atoms with Gasteiger partial charge in [-0.2, -0.15) is 0 Å². The molecule has 0 spiro atoms. The van der Waals surface area contributed by atoms with E-state index in [1.165, 1.54) is 11.3 Å². The summed E-state index contributed by atoms with van der Waals surface area (Å²) in [6.07, 6.45) is 0.179. The Bertz CT molecular complexity index is 790. The van der Waals surface area contributed by atoms with Crippen LogP contribution in [0.5, 0.6) is 5.75 Å². The smallest absolute Gasteiger partial charge is 0.231 e. The molecule has 2 amide bonds. The summed E-state index contributed by atoms with van der Waals surface area (Å²) in [6.45, 7) is 4.38. The summed E-state index contributed by atoms with van der Waals surface area (Å²) in [5.41, 5.74) is 0.734. The van der Waals surface area contributed by atoms with Crippen LogP contribution < -0.4 is 15.0 Å². The number of carbonyl (C=O) groups excluding carboxylic acids is 2. The monoisotopic (exact) mass is 360 g/mol. The molecule has 25 heavy (non-hydrogen) atoms. The van der Waals surface area contributed by atoms with E-state index in [0.717, 1.165) is 10.7 Å². The molecule has 2 heterocycles. The average molecular weight is 360 g/mol. The summed E-state index contributed by atoms with van der Waals surface area (Å²) >= 11 is 1.36. The van der Waals surface area contributed by atoms with Gasteiger partial charge < -0.3 is 15.0 Å². The molecule has 1 atom stereocenters. The van der Waals surface area contributed by atoms with Crippen molar-refractivity contribution in [2.75, 3.05) is 23.9 Å². The van der Waals surface area contributed by atoms with Gasteiger partial charge >= 0.3 is 0 Å². The molecule has 3 rings (SSSR count). The SMILES string of the molecule is COc1cccc(N2C[C@H](C(=O)Nc3nnc(C(C)C)s3)CC2=O)c1. The Kier molecular flexibility index (Phi) is 4.98. The number of rotatable bonds is 5. The molecule has 0 unspecified atom stereocenters. The number of hydrogen-bond donors (Lipinski definition) is 1. The molecule has 1 fully saturated rings. The number of benzene rings is 1. The molecule has 1 aromatic carbocycles. The van der Waals surface area contributed by atoms with Gasteiger partial charge in [0.15, 0.2) is 0 Å². The third-order valence-electron chi connectivity index (χ3n) is 4.03. The van der Waals surface area contributed by atoms with Crippen LogP contribution in [0.4, 0.5) is 10.8 Å². The number of nitrogens with zero attached hydrogens (tertiary/aromatic N) is 3. The lowest BCUT2D eigenvalue weighted by Crippen LogP contribution is -2.28. The second-order valence-electron chi connectivity index (χ2n) is 6.20. The van der Waals surface area contributed by atoms with Crippen molar-refractivity contribution in [3.8, 4) is 5.75 Å². The number of methoxy groups -OCH3 is 1. The summed E-state index contributed by atoms with van der Waals surface area (Å²) in [5, 5.41) is 12.2. The third-order valence-corrected chi connectivity index (χ3v) is 5.16. The zero-order valence-corrected chi connectivity index (χ0v) is 15.2. The molecular weight excluding hydrogens is 340 g/mol. The summed E-state index contributed by atoms with van der Waals surface area (Å²) < 4.78 is 5.19. The molecule has 132 valence electrons. The van der Waals surface area contributed by atoms with Crippen LogP contribution in [0.2, 0.25) is 0 Å². The number of carbonyl (C=O) groups is 2. The van der Waals surface area contributed by atoms with Crippen molar-refractivity contribution < 1.29 is 14.3 Å². The molecule has 0 bridgehead atoms. The fourth-order valence-electron chi connectivity index (χ4n) is 2.64. The zero-order valence-electron chi connectivity index (χ0n) is 14.4. The second kappa shape index (κ2) is 7.18. The zero-order chi connectivity index (χ0) is 18.0. The van der Waals surface area contributed by atoms with Gasteiger partial charge in [-0.25, -0.2) is 0 Å². The lowest BCUT2D eigenvalue weighted by molar-refractivity contribution is -0.122. The first-order valence-corrected chi connectivity index (χ1v) is 8.88. The predicted molar refractivity (Wildman–Crippen MR) is 96.1 cm³/mol. The molecule has 1 aliphatic rings. The van der Waals surface area contributed by atoms with E-state index in [9.17, 15) is 9.59 Å². The molecule has 0 aliphatic carbocycles. The average Bonchev–Trinajstić information content (AvgIpc) is 3.21. The summed E-state index contributed by atoms with van der Waals surface area (Å²) in [5.74, 6) is 0.247. The van der Waals surface area contributed by atoms with Gasteiger partial charge in [0.05, 0.1) is 13.0 Å². The molecule has 1 aromatic heterocycles. The maximum Gasteiger partial charge on any atom is 0.231 e. The van der Waals surface area contributed by atoms with Crippen LogP contribution in [0.1, 0.15) is 31.2 Å². The highest BCUT2D eigenvalue weighted by Crippen LogP contribution is 2.29. The van der Waals surface area contributed by atoms with E-state index in [1.54, 1.807) is 18.1 Å². The number of anilines is 2. The third kappa shape index (κ3) is 3.79. The van der Waals surface area contributed by atoms with Crippen LogP contribution >= 0.6 is 11.3 Å². The highest BCUT2D eigenvalue weighted by atomic mass is 32.1. The van der Waals surface area contributed by atoms with Crippen LogP contribution in [0.15, 0.2) is 24.3 Å². The van der Waals surface area contributed by atoms with Crippen molar-refractivity contribution in [3.63, 3.8) is 0 Å². The number of ether oxygens (including phenoxy) is 1. The van der Waals surface area contributed by atoms with Gasteiger partial charge in [-0.1, -0.05) is 31.3 Å². The van der Waals surface area contributed by atoms with E-state index in [4.69, 9.17) is 4.74 Å². The number of hydrogen-bond acceptors (Lipinski definition) is 6. The van der Waals surface area contributed by atoms with Gasteiger partial charge in [-0.15, -0.1) is 10.2 Å². The van der Waals surface area contributed by atoms with Crippen LogP contribution in [0.25, 0.3) is 0 Å². The highest BCUT2D eigenvalue weighted by molar-refractivity contribution is 7.15. The van der Waals surface area contributed by atoms with Gasteiger partial charge in [-0.3, -0.25) is 9.59 Å². The fraction of sp³-hybridized carbons (Fsp3) is 0.412. The fourth-order valence-corrected chi connectivity index (χ4v) is 3.39. The maximum absolute atomic E-state index is 12.5. The van der Waals surface area contributed by atoms with Gasteiger partial charge in [0, 0.05) is 30.6 Å². The van der Waals surface area contributed by atoms with E-state index < -0.39 is 5.92 Å². The van der Waals surface area contributed by atoms with Crippen LogP contribution in [0.3, 0.4) is 0 Å². The molecule has 1 aliphatic heterocycles. The van der Waals surface area contributed by atoms with Crippen molar-refractivity contribution >= 4 is 34.0 Å². The van der Waals surface area contributed by atoms with E-state index >= 15 is 0 Å². The Labute approximate surface area is 150 Å². The minimum atomic E-state index is -0.412. The molecule has 1 saturated heterocycles. The molecule has 0 saturated carbocycles. The summed E-state index contributed by atoms with van der Waals surface area (Å²) in [4.78, 5) is 26.4. The highest BCUT2D eigenvalue weighted by Gasteiger charge is 2.35. The van der Waals surface area contributed by atoms with Crippen molar-refractivity contribution in [1.29, 1.82) is 0 Å². The minimum absolute atomic E-state index is 0.0754. The lowest BCUT2D eigenvalue weighted by Gasteiger charge is -2.17. The minimum Gasteiger partial charge on any atom is -0.497 e. The number of nitrogens with one attached hydrogen (secondary N) is 1.